The van der Waals surface area contributed by atoms with Crippen LogP contribution in [0.1, 0.15) is 11.1 Å². The highest BCUT2D eigenvalue weighted by atomic mass is 32.2. The van der Waals surface area contributed by atoms with E-state index in [0.717, 1.165) is 5.56 Å². The van der Waals surface area contributed by atoms with Crippen molar-refractivity contribution in [3.8, 4) is 0 Å². The summed E-state index contributed by atoms with van der Waals surface area (Å²) in [4.78, 5) is 0.226. The van der Waals surface area contributed by atoms with Crippen molar-refractivity contribution in [2.45, 2.75) is 11.8 Å². The molecule has 3 N–H and O–H groups in total. The zero-order chi connectivity index (χ0) is 15.6. The third-order valence-electron chi connectivity index (χ3n) is 3.20. The second-order valence-corrected chi connectivity index (χ2v) is 6.72. The number of anilines is 1. The summed E-state index contributed by atoms with van der Waals surface area (Å²) >= 11 is 0. The zero-order valence-corrected chi connectivity index (χ0v) is 12.7. The summed E-state index contributed by atoms with van der Waals surface area (Å²) in [5, 5.41) is 7.43. The largest absolute Gasteiger partial charge is 0.384 e. The Kier molecular flexibility index (Phi) is 3.99. The lowest BCUT2D eigenvalue weighted by atomic mass is 10.2. The fraction of sp³-hybridized carbons (Fsp3) is 0.133. The van der Waals surface area contributed by atoms with E-state index in [4.69, 9.17) is 11.1 Å². The summed E-state index contributed by atoms with van der Waals surface area (Å²) in [6.45, 7) is 1.90. The molecule has 2 aromatic carbocycles. The first-order valence-electron chi connectivity index (χ1n) is 6.32. The van der Waals surface area contributed by atoms with Crippen molar-refractivity contribution in [1.29, 1.82) is 5.41 Å². The fourth-order valence-electron chi connectivity index (χ4n) is 1.88. The van der Waals surface area contributed by atoms with E-state index in [1.165, 1.54) is 11.4 Å². The van der Waals surface area contributed by atoms with Crippen molar-refractivity contribution in [3.63, 3.8) is 0 Å². The zero-order valence-electron chi connectivity index (χ0n) is 11.9. The van der Waals surface area contributed by atoms with Gasteiger partial charge in [-0.1, -0.05) is 29.8 Å². The van der Waals surface area contributed by atoms with Gasteiger partial charge in [0.05, 0.1) is 10.6 Å². The van der Waals surface area contributed by atoms with E-state index in [0.29, 0.717) is 11.3 Å². The van der Waals surface area contributed by atoms with Crippen molar-refractivity contribution in [2.75, 3.05) is 11.4 Å². The average Bonchev–Trinajstić information content (AvgIpc) is 2.47. The minimum atomic E-state index is -3.63. The summed E-state index contributed by atoms with van der Waals surface area (Å²) in [6, 6.07) is 13.3. The smallest absolute Gasteiger partial charge is 0.264 e. The van der Waals surface area contributed by atoms with Crippen LogP contribution in [0, 0.1) is 12.3 Å². The molecule has 110 valence electrons. The Morgan fingerprint density at radius 2 is 1.76 bits per heavy atom. The lowest BCUT2D eigenvalue weighted by Gasteiger charge is -2.20. The van der Waals surface area contributed by atoms with E-state index in [1.54, 1.807) is 48.5 Å². The molecule has 0 unspecified atom stereocenters. The third kappa shape index (κ3) is 3.05. The number of rotatable bonds is 4. The first-order chi connectivity index (χ1) is 9.82. The molecule has 6 heteroatoms. The number of sulfonamides is 1. The summed E-state index contributed by atoms with van der Waals surface area (Å²) in [5.41, 5.74) is 7.38. The Morgan fingerprint density at radius 1 is 1.14 bits per heavy atom. The first kappa shape index (κ1) is 15.1. The lowest BCUT2D eigenvalue weighted by molar-refractivity contribution is 0.594. The van der Waals surface area contributed by atoms with Crippen LogP contribution in [0.4, 0.5) is 5.69 Å². The first-order valence-corrected chi connectivity index (χ1v) is 7.76. The van der Waals surface area contributed by atoms with Gasteiger partial charge in [-0.3, -0.25) is 9.71 Å². The van der Waals surface area contributed by atoms with Crippen molar-refractivity contribution in [3.05, 3.63) is 59.7 Å². The Hall–Kier alpha value is -2.34. The van der Waals surface area contributed by atoms with Gasteiger partial charge in [0.1, 0.15) is 5.84 Å². The monoisotopic (exact) mass is 303 g/mol. The molecule has 2 rings (SSSR count). The van der Waals surface area contributed by atoms with Gasteiger partial charge in [-0.25, -0.2) is 8.42 Å². The number of nitrogens with two attached hydrogens (primary N) is 1. The van der Waals surface area contributed by atoms with E-state index in [-0.39, 0.29) is 10.7 Å². The van der Waals surface area contributed by atoms with E-state index < -0.39 is 10.0 Å². The van der Waals surface area contributed by atoms with Gasteiger partial charge < -0.3 is 5.73 Å². The van der Waals surface area contributed by atoms with Crippen LogP contribution in [-0.4, -0.2) is 21.3 Å². The quantitative estimate of drug-likeness (QED) is 0.670. The Labute approximate surface area is 124 Å². The van der Waals surface area contributed by atoms with Gasteiger partial charge in [0.2, 0.25) is 0 Å². The molecule has 0 aliphatic heterocycles. The highest BCUT2D eigenvalue weighted by Crippen LogP contribution is 2.23. The molecule has 0 bridgehead atoms. The molecule has 0 aliphatic rings. The average molecular weight is 303 g/mol. The second-order valence-electron chi connectivity index (χ2n) is 4.75. The number of nitrogen functional groups attached to an aromatic ring is 1. The molecule has 0 amide bonds. The molecule has 0 atom stereocenters. The molecule has 0 aliphatic carbocycles. The highest BCUT2D eigenvalue weighted by molar-refractivity contribution is 7.92. The predicted octanol–water partition coefficient (Wildman–Crippen LogP) is 2.10. The van der Waals surface area contributed by atoms with E-state index in [2.05, 4.69) is 0 Å². The Bertz CT molecular complexity index is 768. The molecule has 2 aromatic rings. The van der Waals surface area contributed by atoms with E-state index in [1.807, 2.05) is 6.92 Å². The maximum atomic E-state index is 12.6. The number of aryl methyl sites for hydroxylation is 1. The summed E-state index contributed by atoms with van der Waals surface area (Å²) in [6.07, 6.45) is 0. The number of amidine groups is 1. The Balaban J connectivity index is 2.43. The summed E-state index contributed by atoms with van der Waals surface area (Å²) in [7, 11) is -2.15. The van der Waals surface area contributed by atoms with E-state index >= 15 is 0 Å². The van der Waals surface area contributed by atoms with Crippen LogP contribution >= 0.6 is 0 Å². The molecule has 21 heavy (non-hydrogen) atoms. The van der Waals surface area contributed by atoms with Crippen molar-refractivity contribution in [2.24, 2.45) is 5.73 Å². The van der Waals surface area contributed by atoms with Gasteiger partial charge >= 0.3 is 0 Å². The Morgan fingerprint density at radius 3 is 2.33 bits per heavy atom. The molecule has 0 saturated heterocycles. The molecule has 0 aromatic heterocycles. The number of nitrogens with zero attached hydrogens (tertiary/aromatic N) is 1. The second kappa shape index (κ2) is 5.57. The van der Waals surface area contributed by atoms with Crippen molar-refractivity contribution in [1.82, 2.24) is 0 Å². The summed E-state index contributed by atoms with van der Waals surface area (Å²) in [5.74, 6) is -0.0991. The molecule has 0 radical (unpaired) electrons. The van der Waals surface area contributed by atoms with Crippen LogP contribution in [0.5, 0.6) is 0 Å². The highest BCUT2D eigenvalue weighted by Gasteiger charge is 2.21. The van der Waals surface area contributed by atoms with Crippen LogP contribution in [0.3, 0.4) is 0 Å². The standard InChI is InChI=1S/C15H17N3O2S/c1-11-6-8-14(9-7-11)21(19,20)18(2)13-5-3-4-12(10-13)15(16)17/h3-10H,1-2H3,(H3,16,17). The molecular formula is C15H17N3O2S. The van der Waals surface area contributed by atoms with Gasteiger partial charge in [-0.15, -0.1) is 0 Å². The third-order valence-corrected chi connectivity index (χ3v) is 5.00. The van der Waals surface area contributed by atoms with Crippen LogP contribution in [0.15, 0.2) is 53.4 Å². The van der Waals surface area contributed by atoms with Crippen molar-refractivity contribution >= 4 is 21.5 Å². The topological polar surface area (TPSA) is 87.2 Å². The molecule has 0 fully saturated rings. The molecular weight excluding hydrogens is 286 g/mol. The normalized spacial score (nSPS) is 11.1. The maximum Gasteiger partial charge on any atom is 0.264 e. The van der Waals surface area contributed by atoms with Crippen molar-refractivity contribution < 1.29 is 8.42 Å². The lowest BCUT2D eigenvalue weighted by Crippen LogP contribution is -2.27. The van der Waals surface area contributed by atoms with Crippen LogP contribution in [-0.2, 0) is 10.0 Å². The minimum Gasteiger partial charge on any atom is -0.384 e. The van der Waals surface area contributed by atoms with Gasteiger partial charge in [-0.05, 0) is 31.2 Å². The van der Waals surface area contributed by atoms with Gasteiger partial charge in [0.15, 0.2) is 0 Å². The fourth-order valence-corrected chi connectivity index (χ4v) is 3.06. The summed E-state index contributed by atoms with van der Waals surface area (Å²) < 4.78 is 26.3. The molecule has 0 spiro atoms. The number of nitrogens with one attached hydrogen (secondary N) is 1. The van der Waals surface area contributed by atoms with Crippen LogP contribution in [0.25, 0.3) is 0 Å². The molecule has 0 saturated carbocycles. The number of hydrogen-bond acceptors (Lipinski definition) is 3. The molecule has 0 heterocycles. The predicted molar refractivity (Wildman–Crippen MR) is 84.2 cm³/mol. The number of hydrogen-bond donors (Lipinski definition) is 2. The SMILES string of the molecule is Cc1ccc(S(=O)(=O)N(C)c2cccc(C(=N)N)c2)cc1. The number of benzene rings is 2. The van der Waals surface area contributed by atoms with Crippen LogP contribution < -0.4 is 10.0 Å². The molecule has 5 nitrogen and oxygen atoms in total. The van der Waals surface area contributed by atoms with Gasteiger partial charge in [0, 0.05) is 12.6 Å². The van der Waals surface area contributed by atoms with E-state index in [9.17, 15) is 8.42 Å². The maximum absolute atomic E-state index is 12.6. The minimum absolute atomic E-state index is 0.0991. The van der Waals surface area contributed by atoms with Gasteiger partial charge in [0.25, 0.3) is 10.0 Å². The van der Waals surface area contributed by atoms with Gasteiger partial charge in [-0.2, -0.15) is 0 Å². The van der Waals surface area contributed by atoms with Crippen LogP contribution in [0.2, 0.25) is 0 Å².